The lowest BCUT2D eigenvalue weighted by atomic mass is 10.3. The lowest BCUT2D eigenvalue weighted by Gasteiger charge is -2.30. The van der Waals surface area contributed by atoms with Gasteiger partial charge in [-0.3, -0.25) is 0 Å². The first-order valence-electron chi connectivity index (χ1n) is 10.3. The molecule has 0 unspecified atom stereocenters. The Morgan fingerprint density at radius 1 is 0.615 bits per heavy atom. The number of nitrogens with zero attached hydrogens (tertiary/aromatic N) is 1. The van der Waals surface area contributed by atoms with E-state index < -0.39 is 8.80 Å². The van der Waals surface area contributed by atoms with Crippen LogP contribution in [0.1, 0.15) is 52.9 Å². The smallest absolute Gasteiger partial charge is 0.385 e. The third-order valence-corrected chi connectivity index (χ3v) is 6.87. The van der Waals surface area contributed by atoms with Crippen LogP contribution in [-0.4, -0.2) is 80.6 Å². The van der Waals surface area contributed by atoms with Gasteiger partial charge in [0.1, 0.15) is 0 Å². The van der Waals surface area contributed by atoms with Crippen molar-refractivity contribution < 1.29 is 22.8 Å². The van der Waals surface area contributed by atoms with Crippen LogP contribution in [-0.2, 0) is 22.8 Å². The second-order valence-electron chi connectivity index (χ2n) is 6.51. The van der Waals surface area contributed by atoms with Crippen molar-refractivity contribution in [3.63, 3.8) is 0 Å². The molecule has 0 aliphatic heterocycles. The van der Waals surface area contributed by atoms with E-state index in [2.05, 4.69) is 25.7 Å². The molecule has 0 saturated heterocycles. The molecule has 0 aromatic heterocycles. The second-order valence-corrected chi connectivity index (χ2v) is 9.24. The summed E-state index contributed by atoms with van der Waals surface area (Å²) in [7, 11) is 0.924. The molecule has 0 fully saturated rings. The average Bonchev–Trinajstić information content (AvgIpc) is 2.66. The Morgan fingerprint density at radius 3 is 1.58 bits per heavy atom. The zero-order valence-corrected chi connectivity index (χ0v) is 18.9. The zero-order valence-electron chi connectivity index (χ0n) is 17.9. The van der Waals surface area contributed by atoms with E-state index in [1.807, 2.05) is 0 Å². The van der Waals surface area contributed by atoms with Crippen LogP contribution >= 0.6 is 0 Å². The van der Waals surface area contributed by atoms with Crippen molar-refractivity contribution in [1.82, 2.24) is 4.90 Å². The van der Waals surface area contributed by atoms with Crippen LogP contribution < -0.4 is 0 Å². The van der Waals surface area contributed by atoms with Crippen molar-refractivity contribution in [1.29, 1.82) is 0 Å². The highest BCUT2D eigenvalue weighted by Gasteiger charge is 2.40. The maximum Gasteiger partial charge on any atom is 0.501 e. The Hall–Kier alpha value is -0.0231. The highest BCUT2D eigenvalue weighted by molar-refractivity contribution is 6.60. The summed E-state index contributed by atoms with van der Waals surface area (Å²) in [6, 6.07) is 0.876. The summed E-state index contributed by atoms with van der Waals surface area (Å²) in [6.07, 6.45) is 5.00. The SMILES string of the molecule is CCCO[Si](CCCN(CCCOC)CCOC)(OCCC)OCCC. The molecule has 0 aliphatic carbocycles. The van der Waals surface area contributed by atoms with Gasteiger partial charge in [-0.05, 0) is 38.6 Å². The van der Waals surface area contributed by atoms with E-state index in [4.69, 9.17) is 22.8 Å². The van der Waals surface area contributed by atoms with Gasteiger partial charge < -0.3 is 27.7 Å². The van der Waals surface area contributed by atoms with Gasteiger partial charge in [-0.15, -0.1) is 0 Å². The Bertz CT molecular complexity index is 275. The molecule has 0 aromatic carbocycles. The summed E-state index contributed by atoms with van der Waals surface area (Å²) >= 11 is 0. The molecule has 26 heavy (non-hydrogen) atoms. The molecule has 0 aromatic rings. The van der Waals surface area contributed by atoms with E-state index in [9.17, 15) is 0 Å². The predicted molar refractivity (Wildman–Crippen MR) is 109 cm³/mol. The molecule has 0 aliphatic rings. The van der Waals surface area contributed by atoms with E-state index in [-0.39, 0.29) is 0 Å². The van der Waals surface area contributed by atoms with E-state index in [1.165, 1.54) is 0 Å². The number of ether oxygens (including phenoxy) is 2. The van der Waals surface area contributed by atoms with Crippen molar-refractivity contribution in [2.24, 2.45) is 0 Å². The van der Waals surface area contributed by atoms with Crippen LogP contribution in [0.15, 0.2) is 0 Å². The number of methoxy groups -OCH3 is 2. The van der Waals surface area contributed by atoms with Gasteiger partial charge in [0.25, 0.3) is 0 Å². The molecule has 0 rings (SSSR count). The highest BCUT2D eigenvalue weighted by atomic mass is 28.4. The molecule has 0 spiro atoms. The maximum atomic E-state index is 6.18. The van der Waals surface area contributed by atoms with Crippen molar-refractivity contribution in [2.45, 2.75) is 58.9 Å². The Kier molecular flexibility index (Phi) is 18.3. The summed E-state index contributed by atoms with van der Waals surface area (Å²) in [5, 5.41) is 0. The standard InChI is InChI=1S/C19H43NO5Si/c1-6-14-23-26(24-15-7-2,25-16-8-3)19-10-12-20(13-18-22-5)11-9-17-21-4/h6-19H2,1-5H3. The predicted octanol–water partition coefficient (Wildman–Crippen LogP) is 3.58. The molecular formula is C19H43NO5Si. The van der Waals surface area contributed by atoms with Gasteiger partial charge in [0.05, 0.1) is 6.61 Å². The normalized spacial score (nSPS) is 12.2. The fraction of sp³-hybridized carbons (Fsp3) is 1.00. The van der Waals surface area contributed by atoms with Crippen LogP contribution in [0.5, 0.6) is 0 Å². The largest absolute Gasteiger partial charge is 0.501 e. The van der Waals surface area contributed by atoms with Crippen molar-refractivity contribution >= 4 is 8.80 Å². The van der Waals surface area contributed by atoms with Gasteiger partial charge in [-0.25, -0.2) is 0 Å². The van der Waals surface area contributed by atoms with Crippen LogP contribution in [0, 0.1) is 0 Å². The summed E-state index contributed by atoms with van der Waals surface area (Å²) in [6.45, 7) is 13.0. The summed E-state index contributed by atoms with van der Waals surface area (Å²) in [4.78, 5) is 2.43. The first-order valence-corrected chi connectivity index (χ1v) is 12.2. The van der Waals surface area contributed by atoms with Crippen LogP contribution in [0.4, 0.5) is 0 Å². The van der Waals surface area contributed by atoms with Gasteiger partial charge >= 0.3 is 8.80 Å². The quantitative estimate of drug-likeness (QED) is 0.233. The number of rotatable bonds is 20. The Morgan fingerprint density at radius 2 is 1.12 bits per heavy atom. The van der Waals surface area contributed by atoms with Gasteiger partial charge in [-0.1, -0.05) is 20.8 Å². The molecule has 0 atom stereocenters. The summed E-state index contributed by atoms with van der Waals surface area (Å²) in [5.41, 5.74) is 0. The highest BCUT2D eigenvalue weighted by Crippen LogP contribution is 2.20. The van der Waals surface area contributed by atoms with Crippen LogP contribution in [0.25, 0.3) is 0 Å². The minimum atomic E-state index is -2.58. The lowest BCUT2D eigenvalue weighted by molar-refractivity contribution is 0.0575. The van der Waals surface area contributed by atoms with E-state index in [0.717, 1.165) is 71.0 Å². The van der Waals surface area contributed by atoms with E-state index >= 15 is 0 Å². The number of hydrogen-bond acceptors (Lipinski definition) is 6. The molecular weight excluding hydrogens is 350 g/mol. The maximum absolute atomic E-state index is 6.18. The molecule has 7 heteroatoms. The fourth-order valence-electron chi connectivity index (χ4n) is 2.62. The molecule has 0 N–H and O–H groups in total. The van der Waals surface area contributed by atoms with Crippen molar-refractivity contribution in [2.75, 3.05) is 66.9 Å². The molecule has 0 radical (unpaired) electrons. The summed E-state index contributed by atoms with van der Waals surface area (Å²) < 4.78 is 29.0. The topological polar surface area (TPSA) is 49.4 Å². The van der Waals surface area contributed by atoms with E-state index in [0.29, 0.717) is 19.8 Å². The zero-order chi connectivity index (χ0) is 19.5. The molecule has 0 bridgehead atoms. The Balaban J connectivity index is 4.65. The monoisotopic (exact) mass is 393 g/mol. The fourth-order valence-corrected chi connectivity index (χ4v) is 5.44. The van der Waals surface area contributed by atoms with Gasteiger partial charge in [0.15, 0.2) is 0 Å². The Labute approximate surface area is 162 Å². The van der Waals surface area contributed by atoms with E-state index in [1.54, 1.807) is 14.2 Å². The molecule has 6 nitrogen and oxygen atoms in total. The molecule has 0 saturated carbocycles. The van der Waals surface area contributed by atoms with Gasteiger partial charge in [0, 0.05) is 59.8 Å². The van der Waals surface area contributed by atoms with Crippen LogP contribution in [0.2, 0.25) is 6.04 Å². The lowest BCUT2D eigenvalue weighted by Crippen LogP contribution is -2.47. The first kappa shape index (κ1) is 26.0. The number of hydrogen-bond donors (Lipinski definition) is 0. The minimum Gasteiger partial charge on any atom is -0.385 e. The third-order valence-electron chi connectivity index (χ3n) is 3.97. The molecule has 158 valence electrons. The van der Waals surface area contributed by atoms with Gasteiger partial charge in [-0.2, -0.15) is 0 Å². The second kappa shape index (κ2) is 18.3. The van der Waals surface area contributed by atoms with Crippen molar-refractivity contribution in [3.8, 4) is 0 Å². The third kappa shape index (κ3) is 13.2. The minimum absolute atomic E-state index is 0.709. The average molecular weight is 394 g/mol. The molecule has 0 amide bonds. The van der Waals surface area contributed by atoms with Gasteiger partial charge in [0.2, 0.25) is 0 Å². The molecule has 0 heterocycles. The first-order chi connectivity index (χ1) is 12.7. The van der Waals surface area contributed by atoms with Crippen LogP contribution in [0.3, 0.4) is 0 Å². The summed E-state index contributed by atoms with van der Waals surface area (Å²) in [5.74, 6) is 0. The van der Waals surface area contributed by atoms with Crippen molar-refractivity contribution in [3.05, 3.63) is 0 Å².